The number of rotatable bonds is 2. The van der Waals surface area contributed by atoms with Crippen molar-refractivity contribution in [2.24, 2.45) is 0 Å². The third-order valence-electron chi connectivity index (χ3n) is 2.90. The molecule has 3 heteroatoms. The molecule has 0 aromatic heterocycles. The lowest BCUT2D eigenvalue weighted by Gasteiger charge is -2.11. The average molecular weight is 238 g/mol. The molecule has 0 N–H and O–H groups in total. The number of thioether (sulfide) groups is 1. The highest BCUT2D eigenvalue weighted by Crippen LogP contribution is 2.30. The lowest BCUT2D eigenvalue weighted by atomic mass is 9.98. The van der Waals surface area contributed by atoms with Crippen LogP contribution in [0.4, 0.5) is 4.39 Å². The van der Waals surface area contributed by atoms with Gasteiger partial charge >= 0.3 is 0 Å². The van der Waals surface area contributed by atoms with Gasteiger partial charge in [0.15, 0.2) is 5.78 Å². The molecular weight excluding hydrogens is 223 g/mol. The largest absolute Gasteiger partial charge is 0.293 e. The maximum atomic E-state index is 13.8. The lowest BCUT2D eigenvalue weighted by molar-refractivity contribution is 0.0984. The molecule has 1 aromatic carbocycles. The molecule has 1 nitrogen and oxygen atoms in total. The minimum absolute atomic E-state index is 0.0301. The Bertz CT molecular complexity index is 399. The first-order chi connectivity index (χ1) is 7.59. The van der Waals surface area contributed by atoms with Crippen LogP contribution in [0.3, 0.4) is 0 Å². The molecule has 1 aromatic rings. The second kappa shape index (κ2) is 4.58. The molecule has 1 heterocycles. The van der Waals surface area contributed by atoms with Crippen LogP contribution in [0.15, 0.2) is 12.1 Å². The van der Waals surface area contributed by atoms with E-state index in [0.29, 0.717) is 5.56 Å². The van der Waals surface area contributed by atoms with Crippen molar-refractivity contribution >= 4 is 17.5 Å². The van der Waals surface area contributed by atoms with Crippen molar-refractivity contribution in [1.82, 2.24) is 0 Å². The molecule has 1 saturated heterocycles. The average Bonchev–Trinajstić information content (AvgIpc) is 2.67. The second-order valence-corrected chi connectivity index (χ2v) is 5.62. The van der Waals surface area contributed by atoms with Crippen molar-refractivity contribution in [3.05, 3.63) is 34.6 Å². The van der Waals surface area contributed by atoms with Gasteiger partial charge in [0.1, 0.15) is 5.82 Å². The molecule has 0 aliphatic carbocycles. The van der Waals surface area contributed by atoms with Crippen LogP contribution >= 0.6 is 11.8 Å². The zero-order chi connectivity index (χ0) is 11.7. The molecule has 0 bridgehead atoms. The number of ketones is 1. The Morgan fingerprint density at radius 2 is 2.19 bits per heavy atom. The lowest BCUT2D eigenvalue weighted by Crippen LogP contribution is -2.17. The Balaban J connectivity index is 2.35. The van der Waals surface area contributed by atoms with E-state index in [1.807, 2.05) is 19.9 Å². The number of Topliss-reactive ketones (excluding diaryl/α,β-unsaturated/α-hetero) is 1. The number of carbonyl (C=O) groups is 1. The van der Waals surface area contributed by atoms with E-state index in [4.69, 9.17) is 0 Å². The molecule has 0 amide bonds. The highest BCUT2D eigenvalue weighted by atomic mass is 32.2. The zero-order valence-corrected chi connectivity index (χ0v) is 10.4. The Kier molecular flexibility index (Phi) is 3.33. The van der Waals surface area contributed by atoms with Gasteiger partial charge in [0.25, 0.3) is 0 Å². The molecule has 2 rings (SSSR count). The Morgan fingerprint density at radius 1 is 1.44 bits per heavy atom. The van der Waals surface area contributed by atoms with Crippen LogP contribution in [0, 0.1) is 19.7 Å². The van der Waals surface area contributed by atoms with Gasteiger partial charge in [-0.1, -0.05) is 6.07 Å². The summed E-state index contributed by atoms with van der Waals surface area (Å²) < 4.78 is 13.8. The smallest absolute Gasteiger partial charge is 0.179 e. The molecule has 0 saturated carbocycles. The van der Waals surface area contributed by atoms with Crippen molar-refractivity contribution in [3.63, 3.8) is 0 Å². The van der Waals surface area contributed by atoms with Crippen molar-refractivity contribution in [1.29, 1.82) is 0 Å². The van der Waals surface area contributed by atoms with E-state index in [2.05, 4.69) is 0 Å². The van der Waals surface area contributed by atoms with Gasteiger partial charge in [-0.15, -0.1) is 0 Å². The number of benzene rings is 1. The van der Waals surface area contributed by atoms with E-state index in [-0.39, 0.29) is 16.9 Å². The fraction of sp³-hybridized carbons (Fsp3) is 0.462. The fourth-order valence-corrected chi connectivity index (χ4v) is 3.39. The normalized spacial score (nSPS) is 20.1. The molecule has 1 unspecified atom stereocenters. The highest BCUT2D eigenvalue weighted by molar-refractivity contribution is 8.00. The summed E-state index contributed by atoms with van der Waals surface area (Å²) in [5, 5.41) is -0.0316. The molecule has 16 heavy (non-hydrogen) atoms. The van der Waals surface area contributed by atoms with Gasteiger partial charge in [0.2, 0.25) is 0 Å². The van der Waals surface area contributed by atoms with E-state index >= 15 is 0 Å². The predicted molar refractivity (Wildman–Crippen MR) is 65.7 cm³/mol. The van der Waals surface area contributed by atoms with Crippen LogP contribution in [-0.2, 0) is 0 Å². The SMILES string of the molecule is Cc1cc(C)c(C(=O)C2CCCS2)c(F)c1. The summed E-state index contributed by atoms with van der Waals surface area (Å²) in [6.45, 7) is 3.65. The summed E-state index contributed by atoms with van der Waals surface area (Å²) >= 11 is 1.65. The van der Waals surface area contributed by atoms with Gasteiger partial charge in [-0.25, -0.2) is 4.39 Å². The topological polar surface area (TPSA) is 17.1 Å². The molecule has 1 aliphatic rings. The van der Waals surface area contributed by atoms with Crippen molar-refractivity contribution < 1.29 is 9.18 Å². The summed E-state index contributed by atoms with van der Waals surface area (Å²) in [6.07, 6.45) is 1.95. The minimum Gasteiger partial charge on any atom is -0.293 e. The summed E-state index contributed by atoms with van der Waals surface area (Å²) in [6, 6.07) is 3.32. The van der Waals surface area contributed by atoms with E-state index < -0.39 is 0 Å². The summed E-state index contributed by atoms with van der Waals surface area (Å²) in [4.78, 5) is 12.1. The molecule has 1 fully saturated rings. The quantitative estimate of drug-likeness (QED) is 0.733. The molecule has 1 atom stereocenters. The first kappa shape index (κ1) is 11.6. The fourth-order valence-electron chi connectivity index (χ4n) is 2.17. The number of halogens is 1. The third kappa shape index (κ3) is 2.14. The van der Waals surface area contributed by atoms with Gasteiger partial charge in [-0.3, -0.25) is 4.79 Å². The van der Waals surface area contributed by atoms with Crippen molar-refractivity contribution in [2.45, 2.75) is 31.9 Å². The summed E-state index contributed by atoms with van der Waals surface area (Å²) in [7, 11) is 0. The Labute approximate surface area is 99.4 Å². The first-order valence-electron chi connectivity index (χ1n) is 5.52. The van der Waals surface area contributed by atoms with Gasteiger partial charge in [0.05, 0.1) is 10.8 Å². The Hall–Kier alpha value is -0.830. The number of hydrogen-bond donors (Lipinski definition) is 0. The van der Waals surface area contributed by atoms with Gasteiger partial charge in [-0.05, 0) is 49.6 Å². The molecule has 0 spiro atoms. The highest BCUT2D eigenvalue weighted by Gasteiger charge is 2.27. The van der Waals surface area contributed by atoms with Crippen LogP contribution in [0.1, 0.15) is 34.3 Å². The van der Waals surface area contributed by atoms with Gasteiger partial charge in [0, 0.05) is 0 Å². The van der Waals surface area contributed by atoms with Crippen molar-refractivity contribution in [3.8, 4) is 0 Å². The van der Waals surface area contributed by atoms with Crippen LogP contribution in [-0.4, -0.2) is 16.8 Å². The van der Waals surface area contributed by atoms with Gasteiger partial charge < -0.3 is 0 Å². The van der Waals surface area contributed by atoms with Crippen LogP contribution < -0.4 is 0 Å². The van der Waals surface area contributed by atoms with Gasteiger partial charge in [-0.2, -0.15) is 11.8 Å². The number of carbonyl (C=O) groups excluding carboxylic acids is 1. The monoisotopic (exact) mass is 238 g/mol. The maximum absolute atomic E-state index is 13.8. The summed E-state index contributed by atoms with van der Waals surface area (Å²) in [5.41, 5.74) is 1.92. The molecule has 0 radical (unpaired) electrons. The van der Waals surface area contributed by atoms with E-state index in [1.165, 1.54) is 6.07 Å². The van der Waals surface area contributed by atoms with Crippen molar-refractivity contribution in [2.75, 3.05) is 5.75 Å². The second-order valence-electron chi connectivity index (χ2n) is 4.30. The van der Waals surface area contributed by atoms with E-state index in [0.717, 1.165) is 29.7 Å². The molecular formula is C13H15FOS. The molecule has 86 valence electrons. The number of aryl methyl sites for hydroxylation is 2. The third-order valence-corrected chi connectivity index (χ3v) is 4.28. The predicted octanol–water partition coefficient (Wildman–Crippen LogP) is 3.52. The van der Waals surface area contributed by atoms with Crippen LogP contribution in [0.25, 0.3) is 0 Å². The van der Waals surface area contributed by atoms with Crippen LogP contribution in [0.2, 0.25) is 0 Å². The number of hydrogen-bond acceptors (Lipinski definition) is 2. The Morgan fingerprint density at radius 3 is 2.75 bits per heavy atom. The molecule has 1 aliphatic heterocycles. The van der Waals surface area contributed by atoms with Crippen LogP contribution in [0.5, 0.6) is 0 Å². The van der Waals surface area contributed by atoms with E-state index in [9.17, 15) is 9.18 Å². The minimum atomic E-state index is -0.366. The zero-order valence-electron chi connectivity index (χ0n) is 9.55. The standard InChI is InChI=1S/C13H15FOS/c1-8-6-9(2)12(10(14)7-8)13(15)11-4-3-5-16-11/h6-7,11H,3-5H2,1-2H3. The first-order valence-corrected chi connectivity index (χ1v) is 6.57. The maximum Gasteiger partial charge on any atom is 0.179 e. The summed E-state index contributed by atoms with van der Waals surface area (Å²) in [5.74, 6) is 0.621. The van der Waals surface area contributed by atoms with E-state index in [1.54, 1.807) is 11.8 Å².